The van der Waals surface area contributed by atoms with E-state index in [9.17, 15) is 24.0 Å². The van der Waals surface area contributed by atoms with Crippen molar-refractivity contribution in [1.29, 1.82) is 0 Å². The first kappa shape index (κ1) is 24.6. The van der Waals surface area contributed by atoms with Gasteiger partial charge in [-0.2, -0.15) is 12.6 Å². The largest absolute Gasteiger partial charge is 0.480 e. The van der Waals surface area contributed by atoms with Crippen molar-refractivity contribution in [3.05, 3.63) is 0 Å². The summed E-state index contributed by atoms with van der Waals surface area (Å²) in [5.74, 6) is -4.71. The molecule has 0 bridgehead atoms. The maximum Gasteiger partial charge on any atom is 0.328 e. The highest BCUT2D eigenvalue weighted by atomic mass is 32.1. The molecule has 0 aromatic rings. The van der Waals surface area contributed by atoms with E-state index in [1.807, 2.05) is 5.32 Å². The number of aliphatic hydroxyl groups excluding tert-OH is 1. The quantitative estimate of drug-likeness (QED) is 0.149. The summed E-state index contributed by atoms with van der Waals surface area (Å²) in [6.07, 6.45) is -0.338. The fourth-order valence-corrected chi connectivity index (χ4v) is 2.04. The molecule has 12 nitrogen and oxygen atoms in total. The van der Waals surface area contributed by atoms with E-state index >= 15 is 0 Å². The highest BCUT2D eigenvalue weighted by Gasteiger charge is 2.29. The summed E-state index contributed by atoms with van der Waals surface area (Å²) in [6, 6.07) is -4.92. The van der Waals surface area contributed by atoms with E-state index in [0.717, 1.165) is 0 Å². The average Bonchev–Trinajstić information content (AvgIpc) is 2.59. The van der Waals surface area contributed by atoms with Gasteiger partial charge in [0.1, 0.15) is 18.1 Å². The number of hydrogen-bond donors (Lipinski definition) is 8. The molecule has 0 saturated heterocycles. The zero-order valence-electron chi connectivity index (χ0n) is 14.7. The predicted molar refractivity (Wildman–Crippen MR) is 96.4 cm³/mol. The molecule has 9 N–H and O–H groups in total. The van der Waals surface area contributed by atoms with Crippen molar-refractivity contribution < 1.29 is 34.2 Å². The number of carbonyl (C=O) groups is 5. The molecule has 0 rings (SSSR count). The summed E-state index contributed by atoms with van der Waals surface area (Å²) in [5, 5.41) is 24.4. The number of rotatable bonds is 12. The lowest BCUT2D eigenvalue weighted by molar-refractivity contribution is -0.143. The van der Waals surface area contributed by atoms with Gasteiger partial charge in [0.15, 0.2) is 0 Å². The van der Waals surface area contributed by atoms with Crippen molar-refractivity contribution in [2.45, 2.75) is 43.9 Å². The van der Waals surface area contributed by atoms with Crippen LogP contribution in [0.5, 0.6) is 0 Å². The number of nitrogens with one attached hydrogen (secondary N) is 3. The minimum atomic E-state index is -1.56. The van der Waals surface area contributed by atoms with Crippen molar-refractivity contribution in [1.82, 2.24) is 16.0 Å². The number of carboxylic acid groups (broad SMARTS) is 1. The molecule has 4 unspecified atom stereocenters. The Morgan fingerprint density at radius 3 is 1.85 bits per heavy atom. The van der Waals surface area contributed by atoms with Crippen LogP contribution in [0.4, 0.5) is 0 Å². The van der Waals surface area contributed by atoms with Crippen LogP contribution in [0.25, 0.3) is 0 Å². The highest BCUT2D eigenvalue weighted by molar-refractivity contribution is 7.80. The Kier molecular flexibility index (Phi) is 11.0. The van der Waals surface area contributed by atoms with Gasteiger partial charge in [-0.3, -0.25) is 19.2 Å². The van der Waals surface area contributed by atoms with Gasteiger partial charge in [0.2, 0.25) is 23.6 Å². The molecule has 0 aliphatic rings. The van der Waals surface area contributed by atoms with Gasteiger partial charge in [-0.25, -0.2) is 4.79 Å². The molecule has 13 heteroatoms. The fraction of sp³-hybridized carbons (Fsp3) is 0.643. The molecule has 0 aliphatic carbocycles. The number of aliphatic carboxylic acids is 1. The Labute approximate surface area is 160 Å². The van der Waals surface area contributed by atoms with Crippen LogP contribution >= 0.6 is 12.6 Å². The molecule has 0 saturated carbocycles. The SMILES string of the molecule is CC(N)C(=O)NC(CCC(N)=O)C(=O)NC(CS)C(=O)NC(CO)C(=O)O. The molecule has 4 atom stereocenters. The minimum absolute atomic E-state index is 0.130. The number of aliphatic hydroxyl groups is 1. The molecule has 27 heavy (non-hydrogen) atoms. The first-order valence-electron chi connectivity index (χ1n) is 7.93. The zero-order chi connectivity index (χ0) is 21.1. The molecule has 0 fully saturated rings. The number of hydrogen-bond acceptors (Lipinski definition) is 8. The number of carboxylic acids is 1. The Morgan fingerprint density at radius 2 is 1.44 bits per heavy atom. The highest BCUT2D eigenvalue weighted by Crippen LogP contribution is 2.01. The number of carbonyl (C=O) groups excluding carboxylic acids is 4. The smallest absolute Gasteiger partial charge is 0.328 e. The molecule has 0 aromatic carbocycles. The van der Waals surface area contributed by atoms with Gasteiger partial charge in [0.05, 0.1) is 12.6 Å². The second-order valence-corrected chi connectivity index (χ2v) is 6.05. The van der Waals surface area contributed by atoms with Crippen LogP contribution in [0, 0.1) is 0 Å². The second-order valence-electron chi connectivity index (χ2n) is 5.68. The average molecular weight is 407 g/mol. The number of amides is 4. The maximum absolute atomic E-state index is 12.4. The second kappa shape index (κ2) is 12.1. The Hall–Kier alpha value is -2.38. The molecular weight excluding hydrogens is 382 g/mol. The van der Waals surface area contributed by atoms with Gasteiger partial charge in [0.25, 0.3) is 0 Å². The summed E-state index contributed by atoms with van der Waals surface area (Å²) in [6.45, 7) is 0.545. The van der Waals surface area contributed by atoms with E-state index in [1.165, 1.54) is 6.92 Å². The first-order valence-corrected chi connectivity index (χ1v) is 8.56. The summed E-state index contributed by atoms with van der Waals surface area (Å²) in [4.78, 5) is 58.0. The number of primary amides is 1. The molecule has 0 aromatic heterocycles. The van der Waals surface area contributed by atoms with Gasteiger partial charge in [-0.05, 0) is 13.3 Å². The predicted octanol–water partition coefficient (Wildman–Crippen LogP) is -3.94. The van der Waals surface area contributed by atoms with Crippen LogP contribution in [0.2, 0.25) is 0 Å². The Bertz CT molecular complexity index is 572. The first-order chi connectivity index (χ1) is 12.5. The Morgan fingerprint density at radius 1 is 0.963 bits per heavy atom. The van der Waals surface area contributed by atoms with Crippen LogP contribution in [-0.4, -0.2) is 76.3 Å². The van der Waals surface area contributed by atoms with Gasteiger partial charge in [0, 0.05) is 12.2 Å². The lowest BCUT2D eigenvalue weighted by atomic mass is 10.1. The van der Waals surface area contributed by atoms with E-state index in [-0.39, 0.29) is 18.6 Å². The van der Waals surface area contributed by atoms with Crippen molar-refractivity contribution >= 4 is 42.2 Å². The summed E-state index contributed by atoms with van der Waals surface area (Å²) >= 11 is 3.92. The van der Waals surface area contributed by atoms with E-state index in [2.05, 4.69) is 23.3 Å². The zero-order valence-corrected chi connectivity index (χ0v) is 15.6. The summed E-state index contributed by atoms with van der Waals surface area (Å²) in [5.41, 5.74) is 10.5. The topological polar surface area (TPSA) is 214 Å². The summed E-state index contributed by atoms with van der Waals surface area (Å²) in [7, 11) is 0. The van der Waals surface area contributed by atoms with E-state index in [0.29, 0.717) is 0 Å². The molecule has 0 spiro atoms. The molecule has 154 valence electrons. The standard InChI is InChI=1S/C14H25N5O7S/c1-6(15)11(22)17-7(2-3-10(16)21)12(23)19-9(5-27)13(24)18-8(4-20)14(25)26/h6-9,20,27H,2-5,15H2,1H3,(H2,16,21)(H,17,22)(H,18,24)(H,19,23)(H,25,26). The fourth-order valence-electron chi connectivity index (χ4n) is 1.78. The van der Waals surface area contributed by atoms with Gasteiger partial charge in [-0.15, -0.1) is 0 Å². The van der Waals surface area contributed by atoms with Crippen LogP contribution in [-0.2, 0) is 24.0 Å². The lowest BCUT2D eigenvalue weighted by Crippen LogP contribution is -2.58. The van der Waals surface area contributed by atoms with E-state index in [4.69, 9.17) is 21.7 Å². The monoisotopic (exact) mass is 407 g/mol. The minimum Gasteiger partial charge on any atom is -0.480 e. The van der Waals surface area contributed by atoms with Crippen LogP contribution in [0.15, 0.2) is 0 Å². The van der Waals surface area contributed by atoms with E-state index in [1.54, 1.807) is 0 Å². The number of nitrogens with two attached hydrogens (primary N) is 2. The number of thiol groups is 1. The van der Waals surface area contributed by atoms with Crippen molar-refractivity contribution in [3.8, 4) is 0 Å². The Balaban J connectivity index is 5.10. The van der Waals surface area contributed by atoms with Crippen molar-refractivity contribution in [2.24, 2.45) is 11.5 Å². The van der Waals surface area contributed by atoms with Crippen molar-refractivity contribution in [3.63, 3.8) is 0 Å². The van der Waals surface area contributed by atoms with Gasteiger partial charge < -0.3 is 37.6 Å². The van der Waals surface area contributed by atoms with Gasteiger partial charge in [-0.1, -0.05) is 0 Å². The lowest BCUT2D eigenvalue weighted by Gasteiger charge is -2.23. The third-order valence-corrected chi connectivity index (χ3v) is 3.70. The summed E-state index contributed by atoms with van der Waals surface area (Å²) < 4.78 is 0. The van der Waals surface area contributed by atoms with Gasteiger partial charge >= 0.3 is 5.97 Å². The van der Waals surface area contributed by atoms with Crippen LogP contribution in [0.3, 0.4) is 0 Å². The maximum atomic E-state index is 12.4. The molecule has 0 radical (unpaired) electrons. The van der Waals surface area contributed by atoms with Crippen LogP contribution in [0.1, 0.15) is 19.8 Å². The third kappa shape index (κ3) is 9.21. The molecular formula is C14H25N5O7S. The molecule has 4 amide bonds. The molecule has 0 heterocycles. The van der Waals surface area contributed by atoms with Crippen LogP contribution < -0.4 is 27.4 Å². The van der Waals surface area contributed by atoms with Crippen molar-refractivity contribution in [2.75, 3.05) is 12.4 Å². The normalized spacial score (nSPS) is 15.0. The third-order valence-electron chi connectivity index (χ3n) is 3.34. The molecule has 0 aliphatic heterocycles. The van der Waals surface area contributed by atoms with E-state index < -0.39 is 60.4 Å².